The van der Waals surface area contributed by atoms with E-state index >= 15 is 0 Å². The minimum atomic E-state index is -0.0885. The maximum Gasteiger partial charge on any atom is 0.222 e. The number of aromatic nitrogens is 1. The molecule has 1 aliphatic rings. The van der Waals surface area contributed by atoms with Crippen LogP contribution < -0.4 is 10.6 Å². The highest BCUT2D eigenvalue weighted by atomic mass is 35.5. The number of morpholine rings is 1. The van der Waals surface area contributed by atoms with E-state index in [0.29, 0.717) is 13.0 Å². The Morgan fingerprint density at radius 1 is 1.46 bits per heavy atom. The van der Waals surface area contributed by atoms with Crippen LogP contribution in [-0.4, -0.2) is 36.7 Å². The van der Waals surface area contributed by atoms with Crippen LogP contribution in [-0.2, 0) is 9.53 Å². The molecular weight excluding hydrogens is 346 g/mol. The molecule has 2 aromatic rings. The molecule has 0 radical (unpaired) electrons. The summed E-state index contributed by atoms with van der Waals surface area (Å²) < 4.78 is 5.37. The summed E-state index contributed by atoms with van der Waals surface area (Å²) in [5.41, 5.74) is 2.05. The standard InChI is InChI=1S/C17H21N3O2S.ClH/c1-12(19-16(21)9-14-10-22-8-7-18-14)17-20-15(11-23-17)13-5-3-2-4-6-13;/h2-6,11-12,14,18H,7-10H2,1H3,(H,19,21);1H. The maximum absolute atomic E-state index is 12.1. The van der Waals surface area contributed by atoms with Crippen LogP contribution in [0.4, 0.5) is 0 Å². The average Bonchev–Trinajstić information content (AvgIpc) is 3.06. The molecule has 24 heavy (non-hydrogen) atoms. The first kappa shape index (κ1) is 18.9. The number of ether oxygens (including phenoxy) is 1. The van der Waals surface area contributed by atoms with E-state index in [2.05, 4.69) is 15.6 Å². The highest BCUT2D eigenvalue weighted by Crippen LogP contribution is 2.25. The van der Waals surface area contributed by atoms with Crippen LogP contribution in [0.2, 0.25) is 0 Å². The number of amides is 1. The fourth-order valence-electron chi connectivity index (χ4n) is 2.56. The molecule has 1 aromatic heterocycles. The van der Waals surface area contributed by atoms with Crippen molar-refractivity contribution in [1.29, 1.82) is 0 Å². The zero-order valence-electron chi connectivity index (χ0n) is 13.5. The van der Waals surface area contributed by atoms with Crippen molar-refractivity contribution < 1.29 is 9.53 Å². The summed E-state index contributed by atoms with van der Waals surface area (Å²) in [5, 5.41) is 9.26. The highest BCUT2D eigenvalue weighted by Gasteiger charge is 2.19. The number of nitrogens with one attached hydrogen (secondary N) is 2. The molecule has 3 rings (SSSR count). The van der Waals surface area contributed by atoms with E-state index in [1.165, 1.54) is 0 Å². The highest BCUT2D eigenvalue weighted by molar-refractivity contribution is 7.10. The van der Waals surface area contributed by atoms with Crippen molar-refractivity contribution in [3.8, 4) is 11.3 Å². The molecule has 0 aliphatic carbocycles. The maximum atomic E-state index is 12.1. The van der Waals surface area contributed by atoms with Crippen molar-refractivity contribution in [2.24, 2.45) is 0 Å². The molecule has 1 amide bonds. The Balaban J connectivity index is 0.00000208. The number of thiazole rings is 1. The SMILES string of the molecule is CC(NC(=O)CC1COCCN1)c1nc(-c2ccccc2)cs1.Cl. The second-order valence-corrected chi connectivity index (χ2v) is 6.55. The predicted octanol–water partition coefficient (Wildman–Crippen LogP) is 2.79. The molecule has 0 spiro atoms. The third kappa shape index (κ3) is 5.01. The molecule has 1 aromatic carbocycles. The summed E-state index contributed by atoms with van der Waals surface area (Å²) in [6, 6.07) is 10.1. The molecule has 130 valence electrons. The molecule has 2 unspecified atom stereocenters. The Hall–Kier alpha value is -1.47. The Kier molecular flexibility index (Phi) is 7.17. The molecule has 5 nitrogen and oxygen atoms in total. The third-order valence-corrected chi connectivity index (χ3v) is 4.80. The molecule has 1 fully saturated rings. The molecular formula is C17H22ClN3O2S. The van der Waals surface area contributed by atoms with Gasteiger partial charge in [-0.25, -0.2) is 4.98 Å². The quantitative estimate of drug-likeness (QED) is 0.853. The summed E-state index contributed by atoms with van der Waals surface area (Å²) >= 11 is 1.57. The number of halogens is 1. The lowest BCUT2D eigenvalue weighted by atomic mass is 10.2. The van der Waals surface area contributed by atoms with Gasteiger partial charge in [0.05, 0.1) is 24.9 Å². The Labute approximate surface area is 152 Å². The number of hydrogen-bond acceptors (Lipinski definition) is 5. The minimum absolute atomic E-state index is 0. The second kappa shape index (κ2) is 9.13. The molecule has 0 saturated carbocycles. The number of benzene rings is 1. The summed E-state index contributed by atoms with van der Waals surface area (Å²) in [4.78, 5) is 16.8. The van der Waals surface area contributed by atoms with Gasteiger partial charge in [0, 0.05) is 30.0 Å². The van der Waals surface area contributed by atoms with Gasteiger partial charge in [-0.2, -0.15) is 0 Å². The van der Waals surface area contributed by atoms with Gasteiger partial charge in [0.1, 0.15) is 5.01 Å². The van der Waals surface area contributed by atoms with Gasteiger partial charge in [0.15, 0.2) is 0 Å². The lowest BCUT2D eigenvalue weighted by Gasteiger charge is -2.23. The van der Waals surface area contributed by atoms with E-state index in [0.717, 1.165) is 29.4 Å². The van der Waals surface area contributed by atoms with Crippen LogP contribution in [0.3, 0.4) is 0 Å². The van der Waals surface area contributed by atoms with E-state index < -0.39 is 0 Å². The van der Waals surface area contributed by atoms with Crippen molar-refractivity contribution in [2.45, 2.75) is 25.4 Å². The summed E-state index contributed by atoms with van der Waals surface area (Å²) in [5.74, 6) is 0.0250. The first-order valence-corrected chi connectivity index (χ1v) is 8.71. The van der Waals surface area contributed by atoms with Crippen LogP contribution in [0.1, 0.15) is 24.4 Å². The minimum Gasteiger partial charge on any atom is -0.378 e. The van der Waals surface area contributed by atoms with Crippen LogP contribution in [0.15, 0.2) is 35.7 Å². The molecule has 7 heteroatoms. The van der Waals surface area contributed by atoms with Gasteiger partial charge in [-0.1, -0.05) is 30.3 Å². The van der Waals surface area contributed by atoms with E-state index in [1.54, 1.807) is 11.3 Å². The fourth-order valence-corrected chi connectivity index (χ4v) is 3.40. The van der Waals surface area contributed by atoms with Crippen LogP contribution >= 0.6 is 23.7 Å². The number of carbonyl (C=O) groups excluding carboxylic acids is 1. The van der Waals surface area contributed by atoms with Gasteiger partial charge in [0.25, 0.3) is 0 Å². The number of carbonyl (C=O) groups is 1. The normalized spacial score (nSPS) is 18.5. The predicted molar refractivity (Wildman–Crippen MR) is 98.6 cm³/mol. The average molecular weight is 368 g/mol. The van der Waals surface area contributed by atoms with E-state index in [9.17, 15) is 4.79 Å². The van der Waals surface area contributed by atoms with Gasteiger partial charge in [-0.15, -0.1) is 23.7 Å². The monoisotopic (exact) mass is 367 g/mol. The topological polar surface area (TPSA) is 63.2 Å². The van der Waals surface area contributed by atoms with Gasteiger partial charge >= 0.3 is 0 Å². The first-order valence-electron chi connectivity index (χ1n) is 7.83. The molecule has 2 N–H and O–H groups in total. The molecule has 2 atom stereocenters. The molecule has 1 saturated heterocycles. The van der Waals surface area contributed by atoms with Gasteiger partial charge < -0.3 is 15.4 Å². The molecule has 2 heterocycles. The summed E-state index contributed by atoms with van der Waals surface area (Å²) in [6.45, 7) is 4.09. The van der Waals surface area contributed by atoms with Crippen molar-refractivity contribution >= 4 is 29.7 Å². The number of hydrogen-bond donors (Lipinski definition) is 2. The van der Waals surface area contributed by atoms with E-state index in [4.69, 9.17) is 4.74 Å². The number of nitrogens with zero attached hydrogens (tertiary/aromatic N) is 1. The summed E-state index contributed by atoms with van der Waals surface area (Å²) in [6.07, 6.45) is 0.432. The van der Waals surface area contributed by atoms with Crippen LogP contribution in [0, 0.1) is 0 Å². The zero-order valence-corrected chi connectivity index (χ0v) is 15.2. The Morgan fingerprint density at radius 2 is 2.25 bits per heavy atom. The van der Waals surface area contributed by atoms with Gasteiger partial charge in [-0.05, 0) is 6.92 Å². The zero-order chi connectivity index (χ0) is 16.1. The second-order valence-electron chi connectivity index (χ2n) is 5.66. The van der Waals surface area contributed by atoms with Crippen molar-refractivity contribution in [3.05, 3.63) is 40.7 Å². The molecule has 1 aliphatic heterocycles. The van der Waals surface area contributed by atoms with Crippen LogP contribution in [0.25, 0.3) is 11.3 Å². The van der Waals surface area contributed by atoms with Gasteiger partial charge in [-0.3, -0.25) is 4.79 Å². The third-order valence-electron chi connectivity index (χ3n) is 3.77. The van der Waals surface area contributed by atoms with Crippen molar-refractivity contribution in [2.75, 3.05) is 19.8 Å². The largest absolute Gasteiger partial charge is 0.378 e. The van der Waals surface area contributed by atoms with E-state index in [1.807, 2.05) is 42.6 Å². The van der Waals surface area contributed by atoms with Gasteiger partial charge in [0.2, 0.25) is 5.91 Å². The fraction of sp³-hybridized carbons (Fsp3) is 0.412. The lowest BCUT2D eigenvalue weighted by Crippen LogP contribution is -2.44. The molecule has 0 bridgehead atoms. The Morgan fingerprint density at radius 3 is 2.96 bits per heavy atom. The van der Waals surface area contributed by atoms with Crippen LogP contribution in [0.5, 0.6) is 0 Å². The summed E-state index contributed by atoms with van der Waals surface area (Å²) in [7, 11) is 0. The Bertz CT molecular complexity index is 644. The van der Waals surface area contributed by atoms with Crippen molar-refractivity contribution in [1.82, 2.24) is 15.6 Å². The van der Waals surface area contributed by atoms with E-state index in [-0.39, 0.29) is 30.4 Å². The smallest absolute Gasteiger partial charge is 0.222 e. The first-order chi connectivity index (χ1) is 11.2. The number of rotatable bonds is 5. The lowest BCUT2D eigenvalue weighted by molar-refractivity contribution is -0.122. The van der Waals surface area contributed by atoms with Crippen molar-refractivity contribution in [3.63, 3.8) is 0 Å².